The molecule has 1 heterocycles. The number of hydrogen-bond acceptors (Lipinski definition) is 2. The standard InChI is InChI=1S/C16H17NS/c1-2-4-15(5-3-1)16-8-6-14(7-9-16)12-17-10-11-18-13-17/h1-9H,10-13H2. The number of rotatable bonds is 3. The lowest BCUT2D eigenvalue weighted by Gasteiger charge is -2.13. The SMILES string of the molecule is c1ccc(-c2ccc(CN3CCSC3)cc2)cc1. The summed E-state index contributed by atoms with van der Waals surface area (Å²) >= 11 is 2.03. The van der Waals surface area contributed by atoms with Gasteiger partial charge in [-0.3, -0.25) is 4.90 Å². The average molecular weight is 255 g/mol. The van der Waals surface area contributed by atoms with Crippen molar-refractivity contribution in [3.05, 3.63) is 60.2 Å². The molecule has 0 spiro atoms. The summed E-state index contributed by atoms with van der Waals surface area (Å²) in [6, 6.07) is 19.5. The van der Waals surface area contributed by atoms with E-state index in [0.717, 1.165) is 6.54 Å². The normalized spacial score (nSPS) is 16.0. The van der Waals surface area contributed by atoms with Crippen LogP contribution in [0.1, 0.15) is 5.56 Å². The molecule has 92 valence electrons. The van der Waals surface area contributed by atoms with Crippen molar-refractivity contribution in [1.29, 1.82) is 0 Å². The molecule has 0 aromatic heterocycles. The molecule has 2 aromatic rings. The molecule has 0 bridgehead atoms. The van der Waals surface area contributed by atoms with Crippen LogP contribution in [0.15, 0.2) is 54.6 Å². The van der Waals surface area contributed by atoms with Gasteiger partial charge in [0, 0.05) is 24.7 Å². The van der Waals surface area contributed by atoms with Crippen LogP contribution in [0, 0.1) is 0 Å². The lowest BCUT2D eigenvalue weighted by molar-refractivity contribution is 0.349. The van der Waals surface area contributed by atoms with Crippen LogP contribution in [0.5, 0.6) is 0 Å². The highest BCUT2D eigenvalue weighted by Crippen LogP contribution is 2.21. The van der Waals surface area contributed by atoms with Crippen LogP contribution in [-0.4, -0.2) is 23.1 Å². The average Bonchev–Trinajstić information content (AvgIpc) is 2.94. The van der Waals surface area contributed by atoms with Gasteiger partial charge in [0.2, 0.25) is 0 Å². The molecular formula is C16H17NS. The molecule has 1 aliphatic rings. The zero-order valence-corrected chi connectivity index (χ0v) is 11.2. The molecule has 0 saturated carbocycles. The molecule has 0 N–H and O–H groups in total. The van der Waals surface area contributed by atoms with Gasteiger partial charge in [-0.2, -0.15) is 0 Å². The molecule has 0 aliphatic carbocycles. The summed E-state index contributed by atoms with van der Waals surface area (Å²) in [5.74, 6) is 2.46. The van der Waals surface area contributed by atoms with Crippen molar-refractivity contribution in [3.8, 4) is 11.1 Å². The molecule has 1 saturated heterocycles. The smallest absolute Gasteiger partial charge is 0.0448 e. The Balaban J connectivity index is 1.72. The minimum atomic E-state index is 1.09. The lowest BCUT2D eigenvalue weighted by atomic mass is 10.0. The summed E-state index contributed by atoms with van der Waals surface area (Å²) in [6.45, 7) is 2.31. The van der Waals surface area contributed by atoms with E-state index < -0.39 is 0 Å². The molecule has 1 aliphatic heterocycles. The second kappa shape index (κ2) is 5.59. The fourth-order valence-corrected chi connectivity index (χ4v) is 3.26. The van der Waals surface area contributed by atoms with E-state index in [1.165, 1.54) is 34.9 Å². The second-order valence-corrected chi connectivity index (χ2v) is 5.73. The van der Waals surface area contributed by atoms with Crippen molar-refractivity contribution >= 4 is 11.8 Å². The minimum Gasteiger partial charge on any atom is -0.289 e. The Hall–Kier alpha value is -1.25. The van der Waals surface area contributed by atoms with E-state index in [2.05, 4.69) is 59.5 Å². The molecule has 0 unspecified atom stereocenters. The maximum atomic E-state index is 2.50. The minimum absolute atomic E-state index is 1.09. The Morgan fingerprint density at radius 3 is 2.28 bits per heavy atom. The third-order valence-electron chi connectivity index (χ3n) is 3.29. The van der Waals surface area contributed by atoms with Crippen molar-refractivity contribution in [2.24, 2.45) is 0 Å². The van der Waals surface area contributed by atoms with Crippen LogP contribution in [0.4, 0.5) is 0 Å². The molecule has 0 radical (unpaired) electrons. The molecule has 3 rings (SSSR count). The first-order valence-electron chi connectivity index (χ1n) is 6.36. The Labute approximate surface area is 113 Å². The zero-order chi connectivity index (χ0) is 12.2. The number of benzene rings is 2. The van der Waals surface area contributed by atoms with E-state index in [1.54, 1.807) is 0 Å². The summed E-state index contributed by atoms with van der Waals surface area (Å²) in [6.07, 6.45) is 0. The maximum absolute atomic E-state index is 2.50. The van der Waals surface area contributed by atoms with Crippen LogP contribution in [0.25, 0.3) is 11.1 Å². The van der Waals surface area contributed by atoms with Gasteiger partial charge in [-0.05, 0) is 16.7 Å². The first-order chi connectivity index (χ1) is 8.92. The fraction of sp³-hybridized carbons (Fsp3) is 0.250. The second-order valence-electron chi connectivity index (χ2n) is 4.65. The van der Waals surface area contributed by atoms with Crippen LogP contribution in [0.2, 0.25) is 0 Å². The molecule has 1 nitrogen and oxygen atoms in total. The van der Waals surface area contributed by atoms with Gasteiger partial charge in [-0.15, -0.1) is 11.8 Å². The van der Waals surface area contributed by atoms with Gasteiger partial charge in [0.1, 0.15) is 0 Å². The molecule has 2 aromatic carbocycles. The molecule has 18 heavy (non-hydrogen) atoms. The third kappa shape index (κ3) is 2.77. The van der Waals surface area contributed by atoms with Gasteiger partial charge in [0.05, 0.1) is 0 Å². The van der Waals surface area contributed by atoms with Crippen molar-refractivity contribution in [2.75, 3.05) is 18.2 Å². The maximum Gasteiger partial charge on any atom is 0.0448 e. The summed E-state index contributed by atoms with van der Waals surface area (Å²) in [7, 11) is 0. The van der Waals surface area contributed by atoms with Crippen LogP contribution >= 0.6 is 11.8 Å². The van der Waals surface area contributed by atoms with Crippen LogP contribution in [-0.2, 0) is 6.54 Å². The molecular weight excluding hydrogens is 238 g/mol. The fourth-order valence-electron chi connectivity index (χ4n) is 2.27. The van der Waals surface area contributed by atoms with E-state index in [0.29, 0.717) is 0 Å². The Bertz CT molecular complexity index is 486. The summed E-state index contributed by atoms with van der Waals surface area (Å²) in [4.78, 5) is 2.50. The monoisotopic (exact) mass is 255 g/mol. The molecule has 0 amide bonds. The molecule has 1 fully saturated rings. The number of nitrogens with zero attached hydrogens (tertiary/aromatic N) is 1. The van der Waals surface area contributed by atoms with Gasteiger partial charge in [0.25, 0.3) is 0 Å². The lowest BCUT2D eigenvalue weighted by Crippen LogP contribution is -2.18. The largest absolute Gasteiger partial charge is 0.289 e. The van der Waals surface area contributed by atoms with Gasteiger partial charge in [-0.1, -0.05) is 54.6 Å². The first kappa shape index (κ1) is 11.8. The quantitative estimate of drug-likeness (QED) is 0.819. The Morgan fingerprint density at radius 2 is 1.61 bits per heavy atom. The van der Waals surface area contributed by atoms with E-state index in [9.17, 15) is 0 Å². The Kier molecular flexibility index (Phi) is 3.67. The van der Waals surface area contributed by atoms with E-state index >= 15 is 0 Å². The predicted molar refractivity (Wildman–Crippen MR) is 79.6 cm³/mol. The van der Waals surface area contributed by atoms with Crippen LogP contribution in [0.3, 0.4) is 0 Å². The predicted octanol–water partition coefficient (Wildman–Crippen LogP) is 3.86. The van der Waals surface area contributed by atoms with Gasteiger partial charge < -0.3 is 0 Å². The zero-order valence-electron chi connectivity index (χ0n) is 10.4. The third-order valence-corrected chi connectivity index (χ3v) is 4.31. The highest BCUT2D eigenvalue weighted by molar-refractivity contribution is 7.99. The van der Waals surface area contributed by atoms with Crippen molar-refractivity contribution in [3.63, 3.8) is 0 Å². The summed E-state index contributed by atoms with van der Waals surface area (Å²) in [5, 5.41) is 0. The van der Waals surface area contributed by atoms with Crippen LogP contribution < -0.4 is 0 Å². The number of hydrogen-bond donors (Lipinski definition) is 0. The van der Waals surface area contributed by atoms with E-state index in [-0.39, 0.29) is 0 Å². The van der Waals surface area contributed by atoms with Gasteiger partial charge in [0.15, 0.2) is 0 Å². The highest BCUT2D eigenvalue weighted by Gasteiger charge is 2.11. The summed E-state index contributed by atoms with van der Waals surface area (Å²) < 4.78 is 0. The first-order valence-corrected chi connectivity index (χ1v) is 7.52. The summed E-state index contributed by atoms with van der Waals surface area (Å²) in [5.41, 5.74) is 4.01. The topological polar surface area (TPSA) is 3.24 Å². The van der Waals surface area contributed by atoms with E-state index in [4.69, 9.17) is 0 Å². The Morgan fingerprint density at radius 1 is 0.889 bits per heavy atom. The highest BCUT2D eigenvalue weighted by atomic mass is 32.2. The number of thioether (sulfide) groups is 1. The molecule has 2 heteroatoms. The van der Waals surface area contributed by atoms with Crippen molar-refractivity contribution in [2.45, 2.75) is 6.54 Å². The van der Waals surface area contributed by atoms with Gasteiger partial charge in [-0.25, -0.2) is 0 Å². The van der Waals surface area contributed by atoms with Crippen molar-refractivity contribution in [1.82, 2.24) is 4.90 Å². The van der Waals surface area contributed by atoms with Crippen molar-refractivity contribution < 1.29 is 0 Å². The van der Waals surface area contributed by atoms with E-state index in [1.807, 2.05) is 11.8 Å². The molecule has 0 atom stereocenters. The van der Waals surface area contributed by atoms with Gasteiger partial charge >= 0.3 is 0 Å².